The van der Waals surface area contributed by atoms with Gasteiger partial charge in [-0.05, 0) is 12.8 Å². The highest BCUT2D eigenvalue weighted by Crippen LogP contribution is 2.25. The van der Waals surface area contributed by atoms with E-state index in [4.69, 9.17) is 4.55 Å². The van der Waals surface area contributed by atoms with E-state index in [-0.39, 0.29) is 12.6 Å². The number of unbranched alkanes of at least 4 members (excludes halogenated alkanes) is 4. The second kappa shape index (κ2) is 13.0. The van der Waals surface area contributed by atoms with E-state index < -0.39 is 41.2 Å². The number of nitrogens with zero attached hydrogens (tertiary/aromatic N) is 1. The molecular weight excluding hydrogens is 346 g/mol. The first-order chi connectivity index (χ1) is 11.8. The Kier molecular flexibility index (Phi) is 12.9. The molecule has 0 aromatic heterocycles. The molecule has 0 saturated heterocycles. The van der Waals surface area contributed by atoms with E-state index in [9.17, 15) is 23.7 Å². The first-order valence-corrected chi connectivity index (χ1v) is 11.0. The van der Waals surface area contributed by atoms with Crippen LogP contribution in [0.25, 0.3) is 0 Å². The highest BCUT2D eigenvalue weighted by Gasteiger charge is 2.39. The summed E-state index contributed by atoms with van der Waals surface area (Å²) >= 11 is 0. The maximum atomic E-state index is 11.2. The molecule has 0 aromatic carbocycles. The Morgan fingerprint density at radius 1 is 0.880 bits per heavy atom. The lowest BCUT2D eigenvalue weighted by atomic mass is 9.93. The predicted octanol–water partition coefficient (Wildman–Crippen LogP) is 1.42. The number of hydrogen-bond donors (Lipinski definition) is 4. The molecule has 0 rings (SSSR count). The zero-order valence-electron chi connectivity index (χ0n) is 15.7. The summed E-state index contributed by atoms with van der Waals surface area (Å²) in [7, 11) is -4.17. The highest BCUT2D eigenvalue weighted by molar-refractivity contribution is 7.85. The molecule has 0 aliphatic heterocycles. The van der Waals surface area contributed by atoms with Crippen LogP contribution in [0, 0.1) is 0 Å². The van der Waals surface area contributed by atoms with Gasteiger partial charge in [-0.25, -0.2) is 0 Å². The summed E-state index contributed by atoms with van der Waals surface area (Å²) in [6.07, 6.45) is 7.94. The second-order valence-corrected chi connectivity index (χ2v) is 8.40. The fourth-order valence-electron chi connectivity index (χ4n) is 3.22. The van der Waals surface area contributed by atoms with Crippen molar-refractivity contribution in [3.63, 3.8) is 0 Å². The van der Waals surface area contributed by atoms with E-state index in [0.717, 1.165) is 44.9 Å². The predicted molar refractivity (Wildman–Crippen MR) is 99.2 cm³/mol. The van der Waals surface area contributed by atoms with Crippen LogP contribution in [0.2, 0.25) is 0 Å². The van der Waals surface area contributed by atoms with Crippen molar-refractivity contribution in [3.05, 3.63) is 0 Å². The van der Waals surface area contributed by atoms with Gasteiger partial charge in [0.25, 0.3) is 10.1 Å². The Balaban J connectivity index is 5.23. The van der Waals surface area contributed by atoms with Crippen molar-refractivity contribution in [1.82, 2.24) is 4.90 Å². The summed E-state index contributed by atoms with van der Waals surface area (Å²) in [5, 5.41) is 29.3. The number of aliphatic hydroxyl groups excluding tert-OH is 3. The summed E-state index contributed by atoms with van der Waals surface area (Å²) < 4.78 is 31.5. The Labute approximate surface area is 152 Å². The first kappa shape index (κ1) is 24.8. The topological polar surface area (TPSA) is 118 Å². The molecule has 152 valence electrons. The average Bonchev–Trinajstić information content (AvgIpc) is 2.57. The number of hydrogen-bond acceptors (Lipinski definition) is 6. The molecule has 7 nitrogen and oxygen atoms in total. The van der Waals surface area contributed by atoms with E-state index in [1.165, 1.54) is 6.42 Å². The maximum absolute atomic E-state index is 11.2. The Morgan fingerprint density at radius 2 is 1.44 bits per heavy atom. The molecule has 25 heavy (non-hydrogen) atoms. The second-order valence-electron chi connectivity index (χ2n) is 6.82. The molecule has 1 unspecified atom stereocenters. The molecule has 0 bridgehead atoms. The van der Waals surface area contributed by atoms with Gasteiger partial charge in [0.15, 0.2) is 0 Å². The first-order valence-electron chi connectivity index (χ1n) is 9.34. The average molecular weight is 384 g/mol. The normalized spacial score (nSPS) is 14.2. The Hall–Kier alpha value is -0.250. The molecule has 0 heterocycles. The van der Waals surface area contributed by atoms with E-state index in [2.05, 4.69) is 6.92 Å². The lowest BCUT2D eigenvalue weighted by Crippen LogP contribution is -2.61. The lowest BCUT2D eigenvalue weighted by molar-refractivity contribution is -0.0691. The largest absolute Gasteiger partial charge is 0.394 e. The van der Waals surface area contributed by atoms with Crippen molar-refractivity contribution in [1.29, 1.82) is 0 Å². The molecule has 0 aliphatic rings. The molecule has 0 spiro atoms. The molecule has 8 heteroatoms. The Bertz CT molecular complexity index is 417. The molecule has 0 aliphatic carbocycles. The molecule has 1 atom stereocenters. The van der Waals surface area contributed by atoms with Gasteiger partial charge in [-0.15, -0.1) is 0 Å². The fourth-order valence-corrected chi connectivity index (χ4v) is 3.64. The van der Waals surface area contributed by atoms with Gasteiger partial charge >= 0.3 is 0 Å². The minimum Gasteiger partial charge on any atom is -0.394 e. The van der Waals surface area contributed by atoms with Gasteiger partial charge in [-0.2, -0.15) is 8.42 Å². The van der Waals surface area contributed by atoms with Crippen LogP contribution in [0.1, 0.15) is 65.2 Å². The van der Waals surface area contributed by atoms with Crippen molar-refractivity contribution in [2.45, 2.75) is 76.8 Å². The third kappa shape index (κ3) is 9.30. The summed E-state index contributed by atoms with van der Waals surface area (Å²) in [4.78, 5) is 1.68. The van der Waals surface area contributed by atoms with Gasteiger partial charge < -0.3 is 15.3 Å². The van der Waals surface area contributed by atoms with E-state index in [1.807, 2.05) is 6.92 Å². The van der Waals surface area contributed by atoms with E-state index in [0.29, 0.717) is 0 Å². The molecule has 0 aromatic rings. The van der Waals surface area contributed by atoms with Crippen LogP contribution in [0.4, 0.5) is 0 Å². The van der Waals surface area contributed by atoms with Crippen molar-refractivity contribution in [2.75, 3.05) is 32.1 Å². The van der Waals surface area contributed by atoms with E-state index >= 15 is 0 Å². The molecule has 0 fully saturated rings. The van der Waals surface area contributed by atoms with Gasteiger partial charge in [-0.3, -0.25) is 9.45 Å². The lowest BCUT2D eigenvalue weighted by Gasteiger charge is -2.45. The van der Waals surface area contributed by atoms with Crippen LogP contribution >= 0.6 is 0 Å². The summed E-state index contributed by atoms with van der Waals surface area (Å²) in [5.41, 5.74) is -1.30. The van der Waals surface area contributed by atoms with Crippen molar-refractivity contribution >= 4 is 10.1 Å². The number of rotatable bonds is 16. The quantitative estimate of drug-likeness (QED) is 0.235. The van der Waals surface area contributed by atoms with Crippen molar-refractivity contribution in [3.8, 4) is 0 Å². The van der Waals surface area contributed by atoms with Crippen molar-refractivity contribution in [2.24, 2.45) is 0 Å². The van der Waals surface area contributed by atoms with Crippen LogP contribution in [0.15, 0.2) is 0 Å². The molecule has 0 radical (unpaired) electrons. The van der Waals surface area contributed by atoms with Crippen LogP contribution in [0.3, 0.4) is 0 Å². The van der Waals surface area contributed by atoms with Gasteiger partial charge in [-0.1, -0.05) is 52.4 Å². The highest BCUT2D eigenvalue weighted by atomic mass is 32.2. The van der Waals surface area contributed by atoms with Crippen LogP contribution in [-0.4, -0.2) is 76.9 Å². The van der Waals surface area contributed by atoms with Gasteiger partial charge in [0.2, 0.25) is 0 Å². The van der Waals surface area contributed by atoms with Crippen molar-refractivity contribution < 1.29 is 28.3 Å². The van der Waals surface area contributed by atoms with Gasteiger partial charge in [0, 0.05) is 12.6 Å². The van der Waals surface area contributed by atoms with Gasteiger partial charge in [0.05, 0.1) is 31.1 Å². The zero-order chi connectivity index (χ0) is 19.3. The molecule has 4 N–H and O–H groups in total. The molecular formula is C17H37NO6S. The Morgan fingerprint density at radius 3 is 1.88 bits per heavy atom. The van der Waals surface area contributed by atoms with Crippen LogP contribution < -0.4 is 0 Å². The minimum atomic E-state index is -4.17. The summed E-state index contributed by atoms with van der Waals surface area (Å²) in [6, 6.07) is -0.0696. The monoisotopic (exact) mass is 383 g/mol. The molecule has 0 saturated carbocycles. The summed E-state index contributed by atoms with van der Waals surface area (Å²) in [5.74, 6) is -0.495. The van der Waals surface area contributed by atoms with Crippen LogP contribution in [0.5, 0.6) is 0 Å². The summed E-state index contributed by atoms with van der Waals surface area (Å²) in [6.45, 7) is 2.67. The third-order valence-corrected chi connectivity index (χ3v) is 5.48. The maximum Gasteiger partial charge on any atom is 0.266 e. The van der Waals surface area contributed by atoms with Gasteiger partial charge in [0.1, 0.15) is 0 Å². The fraction of sp³-hybridized carbons (Fsp3) is 1.00. The van der Waals surface area contributed by atoms with E-state index in [1.54, 1.807) is 4.90 Å². The zero-order valence-corrected chi connectivity index (χ0v) is 16.5. The third-order valence-electron chi connectivity index (χ3n) is 4.79. The smallest absolute Gasteiger partial charge is 0.266 e. The number of aliphatic hydroxyl groups is 3. The SMILES string of the molecule is CCCCCCCC(CCC)N(CCS(=O)(=O)O)C(CO)(CO)CO. The minimum absolute atomic E-state index is 0.0415. The molecule has 0 amide bonds. The van der Waals surface area contributed by atoms with Crippen LogP contribution in [-0.2, 0) is 10.1 Å². The standard InChI is InChI=1S/C17H37NO6S/c1-3-5-6-7-8-10-16(9-4-2)18(11-12-25(22,23)24)17(13-19,14-20)15-21/h16,19-21H,3-15H2,1-2H3,(H,22,23,24).